The van der Waals surface area contributed by atoms with Gasteiger partial charge >= 0.3 is 24.7 Å². The number of hydrogen-bond acceptors (Lipinski definition) is 4. The van der Waals surface area contributed by atoms with Crippen LogP contribution in [-0.4, -0.2) is 32.6 Å². The van der Waals surface area contributed by atoms with E-state index in [4.69, 9.17) is 0 Å². The zero-order valence-corrected chi connectivity index (χ0v) is 23.7. The van der Waals surface area contributed by atoms with Crippen molar-refractivity contribution in [3.8, 4) is 0 Å². The van der Waals surface area contributed by atoms with Crippen LogP contribution in [-0.2, 0) is 35.9 Å². The number of alkyl halides is 12. The molecule has 0 amide bonds. The van der Waals surface area contributed by atoms with Gasteiger partial charge in [-0.3, -0.25) is 0 Å². The van der Waals surface area contributed by atoms with Crippen molar-refractivity contribution in [2.45, 2.75) is 48.1 Å². The van der Waals surface area contributed by atoms with Gasteiger partial charge in [0.2, 0.25) is 0 Å². The van der Waals surface area contributed by atoms with Crippen LogP contribution in [0.15, 0.2) is 97.1 Å². The van der Waals surface area contributed by atoms with Gasteiger partial charge < -0.3 is 20.4 Å². The molecule has 0 saturated heterocycles. The molecule has 4 aromatic rings. The van der Waals surface area contributed by atoms with Crippen LogP contribution < -0.4 is 0 Å². The average Bonchev–Trinajstić information content (AvgIpc) is 3.01. The third-order valence-electron chi connectivity index (χ3n) is 7.73. The number of hydrogen-bond donors (Lipinski definition) is 4. The van der Waals surface area contributed by atoms with Crippen LogP contribution in [0.1, 0.15) is 44.5 Å². The van der Waals surface area contributed by atoms with Gasteiger partial charge in [0, 0.05) is 22.3 Å². The first-order valence-corrected chi connectivity index (χ1v) is 13.5. The van der Waals surface area contributed by atoms with Crippen molar-refractivity contribution in [1.29, 1.82) is 0 Å². The smallest absolute Gasteiger partial charge is 0.387 e. The number of benzene rings is 4. The summed E-state index contributed by atoms with van der Waals surface area (Å²) in [4.78, 5) is 0. The number of halogens is 12. The quantitative estimate of drug-likeness (QED) is 0.150. The highest BCUT2D eigenvalue weighted by Crippen LogP contribution is 2.51. The summed E-state index contributed by atoms with van der Waals surface area (Å²) < 4.78 is 171. The standard InChI is InChI=1S/C32H22F12O4/c33-29(34,35)21-13-5-1-9-17(21)27(47,18-10-2-6-14-22(18)30(36,37)38)25(45)26(46)28(48,19-11-3-7-15-23(19)31(39,40)41)20-12-4-8-16-24(20)32(42,43)44/h1-16,25-26,45-48H/t25-,26-/m1/s1. The minimum atomic E-state index is -5.50. The SMILES string of the molecule is O[C@H]([C@@H](O)C(O)(c1ccccc1C(F)(F)F)c1ccccc1C(F)(F)F)C(O)(c1ccccc1C(F)(F)F)c1ccccc1C(F)(F)F. The summed E-state index contributed by atoms with van der Waals surface area (Å²) in [5.74, 6) is 0. The van der Waals surface area contributed by atoms with Crippen LogP contribution in [0.5, 0.6) is 0 Å². The molecule has 0 radical (unpaired) electrons. The van der Waals surface area contributed by atoms with Crippen LogP contribution in [0.25, 0.3) is 0 Å². The molecule has 0 aliphatic rings. The summed E-state index contributed by atoms with van der Waals surface area (Å²) in [6, 6.07) is 8.64. The van der Waals surface area contributed by atoms with Gasteiger partial charge in [-0.05, 0) is 24.3 Å². The minimum absolute atomic E-state index is 0.264. The molecule has 0 spiro atoms. The fraction of sp³-hybridized carbons (Fsp3) is 0.250. The predicted octanol–water partition coefficient (Wildman–Crippen LogP) is 7.66. The van der Waals surface area contributed by atoms with Crippen LogP contribution in [0.2, 0.25) is 0 Å². The first-order chi connectivity index (χ1) is 22.0. The second-order valence-corrected chi connectivity index (χ2v) is 10.6. The van der Waals surface area contributed by atoms with Crippen LogP contribution >= 0.6 is 0 Å². The highest BCUT2D eigenvalue weighted by Gasteiger charge is 2.58. The van der Waals surface area contributed by atoms with E-state index < -0.39 is 92.6 Å². The predicted molar refractivity (Wildman–Crippen MR) is 144 cm³/mol. The Bertz CT molecular complexity index is 1520. The summed E-state index contributed by atoms with van der Waals surface area (Å²) in [5.41, 5.74) is -22.2. The molecule has 0 aromatic heterocycles. The molecule has 0 heterocycles. The van der Waals surface area contributed by atoms with E-state index in [-0.39, 0.29) is 24.3 Å². The molecule has 0 saturated carbocycles. The first-order valence-electron chi connectivity index (χ1n) is 13.5. The molecular formula is C32H22F12O4. The molecule has 4 nitrogen and oxygen atoms in total. The molecule has 2 atom stereocenters. The lowest BCUT2D eigenvalue weighted by Crippen LogP contribution is -2.58. The van der Waals surface area contributed by atoms with Crippen LogP contribution in [0, 0.1) is 0 Å². The molecule has 0 aliphatic carbocycles. The molecule has 258 valence electrons. The van der Waals surface area contributed by atoms with E-state index >= 15 is 0 Å². The van der Waals surface area contributed by atoms with Crippen LogP contribution in [0.3, 0.4) is 0 Å². The Morgan fingerprint density at radius 3 is 0.604 bits per heavy atom. The second-order valence-electron chi connectivity index (χ2n) is 10.6. The second kappa shape index (κ2) is 12.4. The molecular weight excluding hydrogens is 676 g/mol. The van der Waals surface area contributed by atoms with Crippen molar-refractivity contribution >= 4 is 0 Å². The first kappa shape index (κ1) is 36.7. The van der Waals surface area contributed by atoms with E-state index in [1.807, 2.05) is 0 Å². The largest absolute Gasteiger partial charge is 0.416 e. The maximum Gasteiger partial charge on any atom is 0.416 e. The molecule has 0 bridgehead atoms. The topological polar surface area (TPSA) is 80.9 Å². The Labute approximate surface area is 263 Å². The summed E-state index contributed by atoms with van der Waals surface area (Å²) in [5, 5.41) is 47.3. The number of rotatable bonds is 7. The van der Waals surface area contributed by atoms with E-state index in [0.717, 1.165) is 48.5 Å². The maximum absolute atomic E-state index is 14.2. The normalized spacial score (nSPS) is 14.9. The summed E-state index contributed by atoms with van der Waals surface area (Å²) in [6.45, 7) is 0. The third kappa shape index (κ3) is 6.49. The Kier molecular flexibility index (Phi) is 9.48. The monoisotopic (exact) mass is 698 g/mol. The van der Waals surface area contributed by atoms with Gasteiger partial charge in [-0.15, -0.1) is 0 Å². The van der Waals surface area contributed by atoms with Gasteiger partial charge in [0.05, 0.1) is 22.3 Å². The lowest BCUT2D eigenvalue weighted by molar-refractivity contribution is -0.182. The van der Waals surface area contributed by atoms with E-state index in [1.165, 1.54) is 0 Å². The highest BCUT2D eigenvalue weighted by atomic mass is 19.4. The van der Waals surface area contributed by atoms with Crippen molar-refractivity contribution in [1.82, 2.24) is 0 Å². The summed E-state index contributed by atoms with van der Waals surface area (Å²) in [6.07, 6.45) is -29.2. The van der Waals surface area contributed by atoms with Gasteiger partial charge in [-0.2, -0.15) is 52.7 Å². The average molecular weight is 699 g/mol. The summed E-state index contributed by atoms with van der Waals surface area (Å²) in [7, 11) is 0. The fourth-order valence-electron chi connectivity index (χ4n) is 5.64. The third-order valence-corrected chi connectivity index (χ3v) is 7.73. The van der Waals surface area contributed by atoms with Gasteiger partial charge in [-0.25, -0.2) is 0 Å². The van der Waals surface area contributed by atoms with Gasteiger partial charge in [-0.1, -0.05) is 72.8 Å². The zero-order chi connectivity index (χ0) is 36.1. The molecule has 0 aliphatic heterocycles. The molecule has 4 N–H and O–H groups in total. The van der Waals surface area contributed by atoms with Crippen LogP contribution in [0.4, 0.5) is 52.7 Å². The van der Waals surface area contributed by atoms with Crippen molar-refractivity contribution in [3.63, 3.8) is 0 Å². The minimum Gasteiger partial charge on any atom is -0.387 e. The lowest BCUT2D eigenvalue weighted by Gasteiger charge is -2.45. The molecule has 4 rings (SSSR count). The zero-order valence-electron chi connectivity index (χ0n) is 23.7. The summed E-state index contributed by atoms with van der Waals surface area (Å²) >= 11 is 0. The van der Waals surface area contributed by atoms with E-state index in [2.05, 4.69) is 0 Å². The van der Waals surface area contributed by atoms with Gasteiger partial charge in [0.15, 0.2) is 0 Å². The van der Waals surface area contributed by atoms with Gasteiger partial charge in [0.1, 0.15) is 23.4 Å². The van der Waals surface area contributed by atoms with Crippen molar-refractivity contribution < 1.29 is 73.1 Å². The molecule has 4 aromatic carbocycles. The molecule has 0 fully saturated rings. The molecule has 16 heteroatoms. The van der Waals surface area contributed by atoms with E-state index in [9.17, 15) is 73.1 Å². The molecule has 48 heavy (non-hydrogen) atoms. The Morgan fingerprint density at radius 1 is 0.312 bits per heavy atom. The van der Waals surface area contributed by atoms with E-state index in [1.54, 1.807) is 0 Å². The Morgan fingerprint density at radius 2 is 0.458 bits per heavy atom. The lowest BCUT2D eigenvalue weighted by atomic mass is 9.69. The molecule has 0 unspecified atom stereocenters. The highest BCUT2D eigenvalue weighted by molar-refractivity contribution is 5.51. The number of aliphatic hydroxyl groups is 4. The van der Waals surface area contributed by atoms with E-state index in [0.29, 0.717) is 24.3 Å². The Balaban J connectivity index is 2.18. The number of aliphatic hydroxyl groups excluding tert-OH is 2. The van der Waals surface area contributed by atoms with Gasteiger partial charge in [0.25, 0.3) is 0 Å². The van der Waals surface area contributed by atoms with Crippen molar-refractivity contribution in [2.24, 2.45) is 0 Å². The maximum atomic E-state index is 14.2. The Hall–Kier alpha value is -4.12. The van der Waals surface area contributed by atoms with Crippen molar-refractivity contribution in [3.05, 3.63) is 142 Å². The van der Waals surface area contributed by atoms with Crippen molar-refractivity contribution in [2.75, 3.05) is 0 Å². The fourth-order valence-corrected chi connectivity index (χ4v) is 5.64.